The first-order chi connectivity index (χ1) is 13.7. The van der Waals surface area contributed by atoms with Crippen molar-refractivity contribution in [2.24, 2.45) is 22.7 Å². The highest BCUT2D eigenvalue weighted by molar-refractivity contribution is 8.03. The van der Waals surface area contributed by atoms with Gasteiger partial charge in [-0.3, -0.25) is 14.0 Å². The molecule has 158 valence electrons. The van der Waals surface area contributed by atoms with Crippen molar-refractivity contribution < 1.29 is 23.1 Å². The second-order valence-corrected chi connectivity index (χ2v) is 10.3. The molecule has 2 fully saturated rings. The van der Waals surface area contributed by atoms with Gasteiger partial charge in [0, 0.05) is 29.4 Å². The van der Waals surface area contributed by atoms with Crippen LogP contribution >= 0.6 is 11.8 Å². The van der Waals surface area contributed by atoms with Gasteiger partial charge in [0.1, 0.15) is 6.10 Å². The minimum absolute atomic E-state index is 0.0748. The molecule has 0 N–H and O–H groups in total. The summed E-state index contributed by atoms with van der Waals surface area (Å²) >= 11 is 1.50. The van der Waals surface area contributed by atoms with Crippen LogP contribution in [-0.4, -0.2) is 36.0 Å². The van der Waals surface area contributed by atoms with Crippen LogP contribution < -0.4 is 0 Å². The van der Waals surface area contributed by atoms with Crippen LogP contribution in [0.1, 0.15) is 46.5 Å². The van der Waals surface area contributed by atoms with Crippen LogP contribution in [0.2, 0.25) is 0 Å². The highest BCUT2D eigenvalue weighted by atomic mass is 32.2. The lowest BCUT2D eigenvalue weighted by molar-refractivity contribution is -0.205. The van der Waals surface area contributed by atoms with E-state index in [1.807, 2.05) is 6.92 Å². The zero-order valence-corrected chi connectivity index (χ0v) is 18.0. The molecular weight excluding hydrogens is 394 g/mol. The van der Waals surface area contributed by atoms with Gasteiger partial charge in [0.25, 0.3) is 0 Å². The molecule has 0 aromatic carbocycles. The second-order valence-electron chi connectivity index (χ2n) is 9.19. The zero-order chi connectivity index (χ0) is 21.0. The maximum atomic E-state index is 17.3. The lowest BCUT2D eigenvalue weighted by atomic mass is 9.46. The van der Waals surface area contributed by atoms with Gasteiger partial charge in [0.2, 0.25) is 0 Å². The predicted octanol–water partition coefficient (Wildman–Crippen LogP) is 5.12. The number of halogens is 2. The average Bonchev–Trinajstić information content (AvgIpc) is 2.97. The highest BCUT2D eigenvalue weighted by Crippen LogP contribution is 2.69. The van der Waals surface area contributed by atoms with E-state index < -0.39 is 29.8 Å². The molecule has 0 amide bonds. The first-order valence-corrected chi connectivity index (χ1v) is 11.3. The molecule has 4 aliphatic carbocycles. The normalized spacial score (nSPS) is 43.1. The largest absolute Gasteiger partial charge is 0.459 e. The van der Waals surface area contributed by atoms with E-state index >= 15 is 4.39 Å². The summed E-state index contributed by atoms with van der Waals surface area (Å²) in [5, 5.41) is 0. The Morgan fingerprint density at radius 2 is 2.10 bits per heavy atom. The molecule has 0 aromatic rings. The number of alkyl halides is 2. The summed E-state index contributed by atoms with van der Waals surface area (Å²) in [6.07, 6.45) is 8.33. The van der Waals surface area contributed by atoms with E-state index in [4.69, 9.17) is 4.74 Å². The SMILES string of the molecule is CC(=O)O[C@H]1C[C@]2(C)C(SCCF)=CC[C@H]2[C@@H]2CCC3=CC(=O)C=C[C@]3(C)C12F. The summed E-state index contributed by atoms with van der Waals surface area (Å²) in [5.74, 6) is -0.455. The first kappa shape index (κ1) is 20.8. The monoisotopic (exact) mass is 422 g/mol. The number of thioether (sulfide) groups is 1. The van der Waals surface area contributed by atoms with Gasteiger partial charge in [-0.2, -0.15) is 0 Å². The smallest absolute Gasteiger partial charge is 0.303 e. The molecule has 0 spiro atoms. The third-order valence-corrected chi connectivity index (χ3v) is 9.07. The fourth-order valence-electron chi connectivity index (χ4n) is 6.41. The van der Waals surface area contributed by atoms with Gasteiger partial charge in [-0.15, -0.1) is 11.8 Å². The Hall–Kier alpha value is -1.43. The average molecular weight is 423 g/mol. The van der Waals surface area contributed by atoms with Crippen molar-refractivity contribution in [1.29, 1.82) is 0 Å². The quantitative estimate of drug-likeness (QED) is 0.590. The number of ether oxygens (including phenoxy) is 1. The predicted molar refractivity (Wildman–Crippen MR) is 110 cm³/mol. The molecule has 4 rings (SSSR count). The van der Waals surface area contributed by atoms with Crippen LogP contribution in [0.4, 0.5) is 8.78 Å². The number of ketones is 1. The number of hydrogen-bond donors (Lipinski definition) is 0. The second kappa shape index (κ2) is 7.07. The third-order valence-electron chi connectivity index (χ3n) is 7.77. The van der Waals surface area contributed by atoms with Crippen molar-refractivity contribution in [2.45, 2.75) is 58.2 Å². The van der Waals surface area contributed by atoms with E-state index in [1.165, 1.54) is 24.8 Å². The molecule has 6 heteroatoms. The van der Waals surface area contributed by atoms with Crippen LogP contribution in [0.15, 0.2) is 34.8 Å². The summed E-state index contributed by atoms with van der Waals surface area (Å²) in [7, 11) is 0. The Kier molecular flexibility index (Phi) is 5.08. The Balaban J connectivity index is 1.79. The van der Waals surface area contributed by atoms with Crippen LogP contribution in [0, 0.1) is 22.7 Å². The van der Waals surface area contributed by atoms with E-state index in [0.717, 1.165) is 16.9 Å². The molecule has 29 heavy (non-hydrogen) atoms. The van der Waals surface area contributed by atoms with Crippen LogP contribution in [0.25, 0.3) is 0 Å². The van der Waals surface area contributed by atoms with Crippen molar-refractivity contribution in [2.75, 3.05) is 12.4 Å². The first-order valence-electron chi connectivity index (χ1n) is 10.4. The van der Waals surface area contributed by atoms with E-state index in [9.17, 15) is 14.0 Å². The molecule has 0 aromatic heterocycles. The topological polar surface area (TPSA) is 43.4 Å². The van der Waals surface area contributed by atoms with Gasteiger partial charge in [0.15, 0.2) is 11.5 Å². The van der Waals surface area contributed by atoms with Crippen molar-refractivity contribution in [3.05, 3.63) is 34.8 Å². The standard InChI is InChI=1S/C23H28F2O3S/c1-14(26)28-19-13-21(2)17(6-7-20(21)29-11-10-24)18-5-4-15-12-16(27)8-9-22(15,3)23(18,19)25/h7-9,12,17-19H,4-6,10-11,13H2,1-3H3/t17-,18-,19-,21-,22-,23?/m0/s1. The number of carbonyl (C=O) groups excluding carboxylic acids is 2. The van der Waals surface area contributed by atoms with Gasteiger partial charge in [-0.05, 0) is 55.6 Å². The summed E-state index contributed by atoms with van der Waals surface area (Å²) in [4.78, 5) is 25.0. The molecule has 0 saturated heterocycles. The van der Waals surface area contributed by atoms with Gasteiger partial charge in [-0.25, -0.2) is 4.39 Å². The molecular formula is C23H28F2O3S. The van der Waals surface area contributed by atoms with Crippen molar-refractivity contribution in [3.63, 3.8) is 0 Å². The van der Waals surface area contributed by atoms with Gasteiger partial charge >= 0.3 is 5.97 Å². The van der Waals surface area contributed by atoms with Gasteiger partial charge < -0.3 is 4.74 Å². The number of fused-ring (bicyclic) bond motifs is 5. The Morgan fingerprint density at radius 1 is 1.34 bits per heavy atom. The Labute approximate surface area is 175 Å². The molecule has 1 unspecified atom stereocenters. The van der Waals surface area contributed by atoms with E-state index in [2.05, 4.69) is 13.0 Å². The Bertz CT molecular complexity index is 834. The van der Waals surface area contributed by atoms with Crippen LogP contribution in [-0.2, 0) is 14.3 Å². The number of rotatable bonds is 4. The highest BCUT2D eigenvalue weighted by Gasteiger charge is 2.70. The molecule has 0 radical (unpaired) electrons. The number of esters is 1. The number of allylic oxidation sites excluding steroid dienone is 6. The number of hydrogen-bond acceptors (Lipinski definition) is 4. The lowest BCUT2D eigenvalue weighted by Gasteiger charge is -2.62. The summed E-state index contributed by atoms with van der Waals surface area (Å²) in [5.41, 5.74) is -2.29. The zero-order valence-electron chi connectivity index (χ0n) is 17.2. The minimum atomic E-state index is -1.78. The van der Waals surface area contributed by atoms with E-state index in [-0.39, 0.29) is 23.0 Å². The molecule has 3 nitrogen and oxygen atoms in total. The fourth-order valence-corrected chi connectivity index (χ4v) is 7.48. The molecule has 4 aliphatic rings. The third kappa shape index (κ3) is 2.88. The van der Waals surface area contributed by atoms with Crippen LogP contribution in [0.3, 0.4) is 0 Å². The molecule has 2 saturated carbocycles. The lowest BCUT2D eigenvalue weighted by Crippen LogP contribution is -2.67. The van der Waals surface area contributed by atoms with E-state index in [0.29, 0.717) is 25.0 Å². The van der Waals surface area contributed by atoms with Gasteiger partial charge in [-0.1, -0.05) is 24.6 Å². The van der Waals surface area contributed by atoms with Crippen LogP contribution in [0.5, 0.6) is 0 Å². The van der Waals surface area contributed by atoms with Crippen molar-refractivity contribution >= 4 is 23.5 Å². The molecule has 6 atom stereocenters. The van der Waals surface area contributed by atoms with Gasteiger partial charge in [0.05, 0.1) is 6.67 Å². The van der Waals surface area contributed by atoms with Crippen molar-refractivity contribution in [1.82, 2.24) is 0 Å². The fraction of sp³-hybridized carbons (Fsp3) is 0.652. The minimum Gasteiger partial charge on any atom is -0.459 e. The summed E-state index contributed by atoms with van der Waals surface area (Å²) < 4.78 is 35.8. The molecule has 0 heterocycles. The molecule has 0 bridgehead atoms. The summed E-state index contributed by atoms with van der Waals surface area (Å²) in [6, 6.07) is 0. The van der Waals surface area contributed by atoms with E-state index in [1.54, 1.807) is 12.2 Å². The maximum absolute atomic E-state index is 17.3. The number of carbonyl (C=O) groups is 2. The molecule has 0 aliphatic heterocycles. The summed E-state index contributed by atoms with van der Waals surface area (Å²) in [6.45, 7) is 4.87. The van der Waals surface area contributed by atoms with Crippen molar-refractivity contribution in [3.8, 4) is 0 Å². The Morgan fingerprint density at radius 3 is 2.79 bits per heavy atom. The maximum Gasteiger partial charge on any atom is 0.303 e.